The Morgan fingerprint density at radius 1 is 1.58 bits per heavy atom. The van der Waals surface area contributed by atoms with Crippen molar-refractivity contribution in [2.45, 2.75) is 32.9 Å². The molecule has 0 aliphatic heterocycles. The SMILES string of the molecule is CC[C@@H](C)NCc1ccc(Br)s1. The van der Waals surface area contributed by atoms with Crippen LogP contribution in [0.3, 0.4) is 0 Å². The number of hydrogen-bond acceptors (Lipinski definition) is 2. The standard InChI is InChI=1S/C9H14BrNS/c1-3-7(2)11-6-8-4-5-9(10)12-8/h4-5,7,11H,3,6H2,1-2H3/t7-/m1/s1. The van der Waals surface area contributed by atoms with E-state index in [1.165, 1.54) is 15.1 Å². The van der Waals surface area contributed by atoms with Crippen molar-refractivity contribution in [1.29, 1.82) is 0 Å². The molecule has 0 bridgehead atoms. The summed E-state index contributed by atoms with van der Waals surface area (Å²) in [5.41, 5.74) is 0. The van der Waals surface area contributed by atoms with Crippen LogP contribution in [0.2, 0.25) is 0 Å². The second kappa shape index (κ2) is 5.00. The lowest BCUT2D eigenvalue weighted by Gasteiger charge is -2.09. The molecular weight excluding hydrogens is 234 g/mol. The summed E-state index contributed by atoms with van der Waals surface area (Å²) in [6.07, 6.45) is 1.19. The Balaban J connectivity index is 2.33. The van der Waals surface area contributed by atoms with Gasteiger partial charge in [0, 0.05) is 17.5 Å². The molecule has 0 spiro atoms. The molecule has 1 rings (SSSR count). The van der Waals surface area contributed by atoms with Crippen LogP contribution in [0.25, 0.3) is 0 Å². The van der Waals surface area contributed by atoms with Gasteiger partial charge in [0.25, 0.3) is 0 Å². The predicted octanol–water partition coefficient (Wildman–Crippen LogP) is 3.40. The van der Waals surface area contributed by atoms with Crippen molar-refractivity contribution in [3.8, 4) is 0 Å². The van der Waals surface area contributed by atoms with Gasteiger partial charge in [0.05, 0.1) is 3.79 Å². The Hall–Kier alpha value is 0.140. The highest BCUT2D eigenvalue weighted by Crippen LogP contribution is 2.21. The highest BCUT2D eigenvalue weighted by atomic mass is 79.9. The van der Waals surface area contributed by atoms with Gasteiger partial charge in [0.2, 0.25) is 0 Å². The summed E-state index contributed by atoms with van der Waals surface area (Å²) in [5.74, 6) is 0. The van der Waals surface area contributed by atoms with Gasteiger partial charge in [-0.05, 0) is 41.4 Å². The Morgan fingerprint density at radius 2 is 2.33 bits per heavy atom. The van der Waals surface area contributed by atoms with E-state index in [-0.39, 0.29) is 0 Å². The van der Waals surface area contributed by atoms with Gasteiger partial charge in [-0.3, -0.25) is 0 Å². The summed E-state index contributed by atoms with van der Waals surface area (Å²) in [5, 5.41) is 3.45. The molecule has 0 fully saturated rings. The molecule has 3 heteroatoms. The van der Waals surface area contributed by atoms with Gasteiger partial charge < -0.3 is 5.32 Å². The molecule has 0 aromatic carbocycles. The minimum absolute atomic E-state index is 0.617. The van der Waals surface area contributed by atoms with Crippen molar-refractivity contribution >= 4 is 27.3 Å². The first-order valence-corrected chi connectivity index (χ1v) is 5.81. The van der Waals surface area contributed by atoms with Crippen LogP contribution in [0.4, 0.5) is 0 Å². The lowest BCUT2D eigenvalue weighted by atomic mass is 10.2. The van der Waals surface area contributed by atoms with Crippen LogP contribution in [0.15, 0.2) is 15.9 Å². The molecule has 1 atom stereocenters. The predicted molar refractivity (Wildman–Crippen MR) is 58.6 cm³/mol. The van der Waals surface area contributed by atoms with Gasteiger partial charge in [0.15, 0.2) is 0 Å². The second-order valence-corrected chi connectivity index (χ2v) is 5.44. The Labute approximate surface area is 86.3 Å². The Kier molecular flexibility index (Phi) is 4.26. The third kappa shape index (κ3) is 3.25. The Morgan fingerprint density at radius 3 is 2.83 bits per heavy atom. The van der Waals surface area contributed by atoms with Crippen LogP contribution in [0.1, 0.15) is 25.1 Å². The molecule has 68 valence electrons. The maximum absolute atomic E-state index is 3.45. The van der Waals surface area contributed by atoms with Gasteiger partial charge >= 0.3 is 0 Å². The molecular formula is C9H14BrNS. The number of hydrogen-bond donors (Lipinski definition) is 1. The average molecular weight is 248 g/mol. The normalized spacial score (nSPS) is 13.2. The molecule has 0 saturated carbocycles. The van der Waals surface area contributed by atoms with Crippen molar-refractivity contribution in [3.05, 3.63) is 20.8 Å². The summed E-state index contributed by atoms with van der Waals surface area (Å²) in [6.45, 7) is 5.40. The molecule has 0 saturated heterocycles. The largest absolute Gasteiger partial charge is 0.309 e. The first-order valence-electron chi connectivity index (χ1n) is 4.20. The van der Waals surface area contributed by atoms with Crippen molar-refractivity contribution < 1.29 is 0 Å². The second-order valence-electron chi connectivity index (χ2n) is 2.90. The van der Waals surface area contributed by atoms with Crippen LogP contribution in [0, 0.1) is 0 Å². The topological polar surface area (TPSA) is 12.0 Å². The van der Waals surface area contributed by atoms with E-state index in [1.54, 1.807) is 11.3 Å². The summed E-state index contributed by atoms with van der Waals surface area (Å²) in [6, 6.07) is 4.87. The van der Waals surface area contributed by atoms with Crippen LogP contribution >= 0.6 is 27.3 Å². The zero-order chi connectivity index (χ0) is 8.97. The van der Waals surface area contributed by atoms with Gasteiger partial charge in [-0.25, -0.2) is 0 Å². The lowest BCUT2D eigenvalue weighted by Crippen LogP contribution is -2.23. The zero-order valence-electron chi connectivity index (χ0n) is 7.43. The van der Waals surface area contributed by atoms with Crippen molar-refractivity contribution in [2.75, 3.05) is 0 Å². The smallest absolute Gasteiger partial charge is 0.0701 e. The lowest BCUT2D eigenvalue weighted by molar-refractivity contribution is 0.537. The first-order chi connectivity index (χ1) is 5.72. The van der Waals surface area contributed by atoms with Crippen molar-refractivity contribution in [3.63, 3.8) is 0 Å². The summed E-state index contributed by atoms with van der Waals surface area (Å²) < 4.78 is 1.21. The van der Waals surface area contributed by atoms with E-state index in [9.17, 15) is 0 Å². The molecule has 0 aliphatic carbocycles. The number of rotatable bonds is 4. The fourth-order valence-electron chi connectivity index (χ4n) is 0.866. The molecule has 0 aliphatic rings. The highest BCUT2D eigenvalue weighted by molar-refractivity contribution is 9.11. The fraction of sp³-hybridized carbons (Fsp3) is 0.556. The van der Waals surface area contributed by atoms with Crippen molar-refractivity contribution in [2.24, 2.45) is 0 Å². The van der Waals surface area contributed by atoms with Gasteiger partial charge in [0.1, 0.15) is 0 Å². The maximum Gasteiger partial charge on any atom is 0.0701 e. The molecule has 1 N–H and O–H groups in total. The molecule has 0 unspecified atom stereocenters. The van der Waals surface area contributed by atoms with E-state index in [0.717, 1.165) is 6.54 Å². The fourth-order valence-corrected chi connectivity index (χ4v) is 2.30. The van der Waals surface area contributed by atoms with Crippen LogP contribution < -0.4 is 5.32 Å². The molecule has 0 amide bonds. The highest BCUT2D eigenvalue weighted by Gasteiger charge is 1.99. The van der Waals surface area contributed by atoms with E-state index in [1.807, 2.05) is 0 Å². The monoisotopic (exact) mass is 247 g/mol. The molecule has 1 aromatic rings. The van der Waals surface area contributed by atoms with E-state index >= 15 is 0 Å². The number of halogens is 1. The minimum Gasteiger partial charge on any atom is -0.309 e. The van der Waals surface area contributed by atoms with Crippen LogP contribution in [0.5, 0.6) is 0 Å². The molecule has 1 heterocycles. The summed E-state index contributed by atoms with van der Waals surface area (Å²) >= 11 is 5.24. The third-order valence-electron chi connectivity index (χ3n) is 1.87. The van der Waals surface area contributed by atoms with Crippen LogP contribution in [-0.4, -0.2) is 6.04 Å². The van der Waals surface area contributed by atoms with E-state index in [0.29, 0.717) is 6.04 Å². The number of thiophene rings is 1. The first kappa shape index (κ1) is 10.2. The molecule has 12 heavy (non-hydrogen) atoms. The van der Waals surface area contributed by atoms with Gasteiger partial charge in [-0.15, -0.1) is 11.3 Å². The quantitative estimate of drug-likeness (QED) is 0.861. The average Bonchev–Trinajstić information content (AvgIpc) is 2.47. The number of nitrogens with one attached hydrogen (secondary N) is 1. The van der Waals surface area contributed by atoms with Crippen molar-refractivity contribution in [1.82, 2.24) is 5.32 Å². The van der Waals surface area contributed by atoms with Gasteiger partial charge in [-0.1, -0.05) is 6.92 Å². The molecule has 1 nitrogen and oxygen atoms in total. The molecule has 0 radical (unpaired) electrons. The summed E-state index contributed by atoms with van der Waals surface area (Å²) in [7, 11) is 0. The van der Waals surface area contributed by atoms with E-state index in [4.69, 9.17) is 0 Å². The zero-order valence-corrected chi connectivity index (χ0v) is 9.83. The Bertz CT molecular complexity index is 234. The summed E-state index contributed by atoms with van der Waals surface area (Å²) in [4.78, 5) is 1.39. The van der Waals surface area contributed by atoms with E-state index < -0.39 is 0 Å². The van der Waals surface area contributed by atoms with Gasteiger partial charge in [-0.2, -0.15) is 0 Å². The third-order valence-corrected chi connectivity index (χ3v) is 3.49. The minimum atomic E-state index is 0.617. The maximum atomic E-state index is 3.45. The van der Waals surface area contributed by atoms with Crippen LogP contribution in [-0.2, 0) is 6.54 Å². The molecule has 1 aromatic heterocycles. The van der Waals surface area contributed by atoms with E-state index in [2.05, 4.69) is 47.2 Å².